The van der Waals surface area contributed by atoms with Crippen LogP contribution in [0.4, 0.5) is 11.4 Å². The van der Waals surface area contributed by atoms with Gasteiger partial charge in [0.15, 0.2) is 0 Å². The van der Waals surface area contributed by atoms with Gasteiger partial charge < -0.3 is 9.47 Å². The number of allylic oxidation sites excluding steroid dienone is 2. The van der Waals surface area contributed by atoms with Gasteiger partial charge in [-0.05, 0) is 75.9 Å². The molecule has 7 aromatic carbocycles. The van der Waals surface area contributed by atoms with Gasteiger partial charge in [-0.3, -0.25) is 0 Å². The maximum atomic E-state index is 2.61. The minimum absolute atomic E-state index is 0.187. The molecule has 244 valence electrons. The molecule has 3 heterocycles. The summed E-state index contributed by atoms with van der Waals surface area (Å²) in [5, 5.41) is 5.28. The Hall–Kier alpha value is -6.16. The first kappa shape index (κ1) is 28.5. The maximum Gasteiger partial charge on any atom is 0.0637 e. The Morgan fingerprint density at radius 2 is 1.17 bits per heavy atom. The summed E-state index contributed by atoms with van der Waals surface area (Å²) in [7, 11) is 0. The lowest BCUT2D eigenvalue weighted by atomic mass is 9.88. The molecule has 12 rings (SSSR count). The van der Waals surface area contributed by atoms with E-state index in [4.69, 9.17) is 0 Å². The average Bonchev–Trinajstić information content (AvgIpc) is 3.94. The highest BCUT2D eigenvalue weighted by atomic mass is 32.1. The van der Waals surface area contributed by atoms with E-state index in [-0.39, 0.29) is 17.9 Å². The van der Waals surface area contributed by atoms with Crippen molar-refractivity contribution >= 4 is 70.4 Å². The highest BCUT2D eigenvalue weighted by Crippen LogP contribution is 2.55. The fourth-order valence-corrected chi connectivity index (χ4v) is 10.9. The summed E-state index contributed by atoms with van der Waals surface area (Å²) in [6.45, 7) is 0. The Morgan fingerprint density at radius 1 is 0.519 bits per heavy atom. The van der Waals surface area contributed by atoms with Gasteiger partial charge in [0.25, 0.3) is 0 Å². The fraction of sp³-hybridized carbons (Fsp3) is 0.0612. The molecular formula is C49H32N2S. The maximum absolute atomic E-state index is 2.61. The zero-order valence-electron chi connectivity index (χ0n) is 28.3. The van der Waals surface area contributed by atoms with E-state index in [0.717, 1.165) is 0 Å². The van der Waals surface area contributed by atoms with E-state index < -0.39 is 0 Å². The van der Waals surface area contributed by atoms with Crippen LogP contribution < -0.4 is 4.90 Å². The van der Waals surface area contributed by atoms with Crippen molar-refractivity contribution in [3.05, 3.63) is 198 Å². The number of benzene rings is 7. The first-order valence-electron chi connectivity index (χ1n) is 18.2. The summed E-state index contributed by atoms with van der Waals surface area (Å²) in [5.41, 5.74) is 14.6. The van der Waals surface area contributed by atoms with Crippen molar-refractivity contribution in [3.8, 4) is 11.1 Å². The van der Waals surface area contributed by atoms with Gasteiger partial charge in [-0.15, -0.1) is 11.3 Å². The summed E-state index contributed by atoms with van der Waals surface area (Å²) >= 11 is 1.94. The lowest BCUT2D eigenvalue weighted by molar-refractivity contribution is 0.743. The van der Waals surface area contributed by atoms with Crippen LogP contribution in [0.1, 0.15) is 34.1 Å². The normalized spacial score (nSPS) is 17.5. The Kier molecular flexibility index (Phi) is 5.86. The number of para-hydroxylation sites is 3. The number of hydrogen-bond donors (Lipinski definition) is 0. The molecule has 52 heavy (non-hydrogen) atoms. The molecule has 3 aliphatic rings. The molecular weight excluding hydrogens is 649 g/mol. The topological polar surface area (TPSA) is 8.17 Å². The highest BCUT2D eigenvalue weighted by molar-refractivity contribution is 7.26. The molecule has 0 saturated heterocycles. The number of hydrogen-bond acceptors (Lipinski definition) is 2. The smallest absolute Gasteiger partial charge is 0.0637 e. The van der Waals surface area contributed by atoms with Gasteiger partial charge in [0.05, 0.1) is 27.5 Å². The summed E-state index contributed by atoms with van der Waals surface area (Å²) in [6.07, 6.45) is 7.33. The third kappa shape index (κ3) is 3.84. The number of thiophene rings is 1. The van der Waals surface area contributed by atoms with E-state index in [2.05, 4.69) is 185 Å². The number of nitrogens with zero attached hydrogens (tertiary/aromatic N) is 2. The van der Waals surface area contributed by atoms with E-state index in [0.29, 0.717) is 0 Å². The summed E-state index contributed by atoms with van der Waals surface area (Å²) in [5.74, 6) is 0.450. The second kappa shape index (κ2) is 10.7. The number of aromatic nitrogens is 1. The Balaban J connectivity index is 1.05. The van der Waals surface area contributed by atoms with E-state index in [1.807, 2.05) is 11.3 Å². The second-order valence-electron chi connectivity index (χ2n) is 14.4. The SMILES string of the molecule is C1=CC2C(C=C1n1c3ccccc3c3ccccc31)c1ccc3c(sc4ccc(C5c6ccccc6-c6ccccc65)cc43)c1N2c1ccccc1. The number of anilines is 2. The quantitative estimate of drug-likeness (QED) is 0.180. The Bertz CT molecular complexity index is 2900. The molecule has 0 spiro atoms. The van der Waals surface area contributed by atoms with Crippen molar-refractivity contribution in [2.24, 2.45) is 0 Å². The summed E-state index contributed by atoms with van der Waals surface area (Å²) in [6, 6.07) is 58.8. The van der Waals surface area contributed by atoms with Crippen LogP contribution in [0.25, 0.3) is 58.8 Å². The molecule has 2 unspecified atom stereocenters. The van der Waals surface area contributed by atoms with Crippen LogP contribution in [0.3, 0.4) is 0 Å². The van der Waals surface area contributed by atoms with Crippen LogP contribution >= 0.6 is 11.3 Å². The van der Waals surface area contributed by atoms with Crippen LogP contribution in [-0.2, 0) is 0 Å². The first-order chi connectivity index (χ1) is 25.8. The van der Waals surface area contributed by atoms with Gasteiger partial charge >= 0.3 is 0 Å². The zero-order valence-corrected chi connectivity index (χ0v) is 29.1. The molecule has 0 fully saturated rings. The summed E-state index contributed by atoms with van der Waals surface area (Å²) < 4.78 is 5.17. The van der Waals surface area contributed by atoms with Crippen molar-refractivity contribution in [2.45, 2.75) is 17.9 Å². The molecule has 3 heteroatoms. The predicted octanol–water partition coefficient (Wildman–Crippen LogP) is 13.0. The predicted molar refractivity (Wildman–Crippen MR) is 220 cm³/mol. The third-order valence-corrected chi connectivity index (χ3v) is 13.0. The van der Waals surface area contributed by atoms with Crippen LogP contribution in [0.15, 0.2) is 176 Å². The van der Waals surface area contributed by atoms with Gasteiger partial charge in [-0.1, -0.05) is 133 Å². The molecule has 0 saturated carbocycles. The van der Waals surface area contributed by atoms with Gasteiger partial charge in [0.1, 0.15) is 0 Å². The Labute approximate surface area is 305 Å². The molecule has 0 radical (unpaired) electrons. The monoisotopic (exact) mass is 680 g/mol. The van der Waals surface area contributed by atoms with Gasteiger partial charge in [-0.25, -0.2) is 0 Å². The van der Waals surface area contributed by atoms with E-state index in [9.17, 15) is 0 Å². The number of rotatable bonds is 3. The van der Waals surface area contributed by atoms with Gasteiger partial charge in [0, 0.05) is 49.5 Å². The molecule has 0 N–H and O–H groups in total. The minimum Gasteiger partial charge on any atom is -0.332 e. The second-order valence-corrected chi connectivity index (χ2v) is 15.4. The molecule has 2 atom stereocenters. The standard InChI is InChI=1S/C49H32N2S/c1-2-12-31(13-3-1)51-45-26-23-32(50-43-20-10-8-16-35(43)36-17-9-11-21-44(36)50)29-41(45)39-24-25-40-42-28-30(22-27-46(42)52-49(40)48(39)51)47-37-18-6-4-14-33(37)34-15-5-7-19-38(34)47/h1-29,41,45,47H. The van der Waals surface area contributed by atoms with Crippen molar-refractivity contribution < 1.29 is 0 Å². The van der Waals surface area contributed by atoms with Crippen molar-refractivity contribution in [1.82, 2.24) is 4.57 Å². The lowest BCUT2D eigenvalue weighted by Gasteiger charge is -2.30. The van der Waals surface area contributed by atoms with Crippen LogP contribution in [0.2, 0.25) is 0 Å². The first-order valence-corrected chi connectivity index (χ1v) is 19.0. The van der Waals surface area contributed by atoms with E-state index in [1.54, 1.807) is 0 Å². The largest absolute Gasteiger partial charge is 0.332 e. The van der Waals surface area contributed by atoms with E-state index >= 15 is 0 Å². The molecule has 2 aliphatic carbocycles. The molecule has 2 aromatic heterocycles. The zero-order chi connectivity index (χ0) is 33.9. The fourth-order valence-electron chi connectivity index (χ4n) is 9.63. The molecule has 0 amide bonds. The third-order valence-electron chi connectivity index (χ3n) is 11.8. The van der Waals surface area contributed by atoms with Crippen LogP contribution in [0.5, 0.6) is 0 Å². The Morgan fingerprint density at radius 3 is 1.90 bits per heavy atom. The lowest BCUT2D eigenvalue weighted by Crippen LogP contribution is -2.29. The van der Waals surface area contributed by atoms with Crippen LogP contribution in [-0.4, -0.2) is 10.6 Å². The van der Waals surface area contributed by atoms with Crippen molar-refractivity contribution in [1.29, 1.82) is 0 Å². The number of fused-ring (bicyclic) bond motifs is 13. The minimum atomic E-state index is 0.187. The average molecular weight is 681 g/mol. The summed E-state index contributed by atoms with van der Waals surface area (Å²) in [4.78, 5) is 2.61. The molecule has 9 aromatic rings. The van der Waals surface area contributed by atoms with Gasteiger partial charge in [0.2, 0.25) is 0 Å². The van der Waals surface area contributed by atoms with Crippen molar-refractivity contribution in [2.75, 3.05) is 4.90 Å². The van der Waals surface area contributed by atoms with Crippen LogP contribution in [0, 0.1) is 0 Å². The highest BCUT2D eigenvalue weighted by Gasteiger charge is 2.40. The molecule has 0 bridgehead atoms. The van der Waals surface area contributed by atoms with E-state index in [1.165, 1.54) is 92.4 Å². The van der Waals surface area contributed by atoms with Crippen molar-refractivity contribution in [3.63, 3.8) is 0 Å². The molecule has 1 aliphatic heterocycles. The van der Waals surface area contributed by atoms with Gasteiger partial charge in [-0.2, -0.15) is 0 Å². The molecule has 2 nitrogen and oxygen atoms in total.